The van der Waals surface area contributed by atoms with Gasteiger partial charge in [-0.1, -0.05) is 6.07 Å². The fourth-order valence-electron chi connectivity index (χ4n) is 4.37. The molecule has 32 heavy (non-hydrogen) atoms. The average molecular weight is 426 g/mol. The van der Waals surface area contributed by atoms with Gasteiger partial charge in [-0.2, -0.15) is 0 Å². The molecule has 3 aromatic rings. The SMILES string of the molecule is Cc1ccc(NC(=O)C2=CC(C)Nc3ccc(-c4cncc(N5CCCC5)c4)cc32)cn1. The number of carbonyl (C=O) groups excluding carboxylic acids is 1. The van der Waals surface area contributed by atoms with Crippen LogP contribution in [0.4, 0.5) is 17.1 Å². The first-order chi connectivity index (χ1) is 15.6. The first-order valence-electron chi connectivity index (χ1n) is 11.1. The quantitative estimate of drug-likeness (QED) is 0.623. The van der Waals surface area contributed by atoms with Gasteiger partial charge in [0.15, 0.2) is 0 Å². The van der Waals surface area contributed by atoms with E-state index in [1.165, 1.54) is 12.8 Å². The minimum atomic E-state index is -0.133. The van der Waals surface area contributed by atoms with Crippen molar-refractivity contribution in [3.63, 3.8) is 0 Å². The standard InChI is InChI=1S/C26H27N5O/c1-17-5-7-21(15-28-17)30-26(32)24-11-18(2)29-25-8-6-19(13-23(24)25)20-12-22(16-27-14-20)31-9-3-4-10-31/h5-8,11-16,18,29H,3-4,9-10H2,1-2H3,(H,30,32). The summed E-state index contributed by atoms with van der Waals surface area (Å²) in [5.41, 5.74) is 7.37. The largest absolute Gasteiger partial charge is 0.379 e. The predicted octanol–water partition coefficient (Wildman–Crippen LogP) is 4.89. The van der Waals surface area contributed by atoms with Crippen LogP contribution in [0.25, 0.3) is 16.7 Å². The number of amides is 1. The summed E-state index contributed by atoms with van der Waals surface area (Å²) in [6, 6.07) is 12.2. The number of nitrogens with zero attached hydrogens (tertiary/aromatic N) is 3. The van der Waals surface area contributed by atoms with Crippen LogP contribution in [-0.4, -0.2) is 35.0 Å². The molecule has 1 aromatic carbocycles. The molecule has 162 valence electrons. The van der Waals surface area contributed by atoms with Gasteiger partial charge in [-0.3, -0.25) is 14.8 Å². The summed E-state index contributed by atoms with van der Waals surface area (Å²) in [5.74, 6) is -0.133. The molecule has 6 heteroatoms. The van der Waals surface area contributed by atoms with E-state index in [9.17, 15) is 4.79 Å². The zero-order valence-electron chi connectivity index (χ0n) is 18.4. The molecule has 1 saturated heterocycles. The van der Waals surface area contributed by atoms with Crippen molar-refractivity contribution in [3.8, 4) is 11.1 Å². The lowest BCUT2D eigenvalue weighted by Crippen LogP contribution is -2.23. The molecule has 1 atom stereocenters. The maximum Gasteiger partial charge on any atom is 0.256 e. The molecule has 5 rings (SSSR count). The zero-order chi connectivity index (χ0) is 22.1. The number of hydrogen-bond acceptors (Lipinski definition) is 5. The summed E-state index contributed by atoms with van der Waals surface area (Å²) in [7, 11) is 0. The third-order valence-electron chi connectivity index (χ3n) is 6.05. The molecule has 2 aliphatic rings. The Balaban J connectivity index is 1.46. The van der Waals surface area contributed by atoms with Gasteiger partial charge in [-0.05, 0) is 68.7 Å². The molecule has 0 saturated carbocycles. The maximum absolute atomic E-state index is 13.2. The lowest BCUT2D eigenvalue weighted by atomic mass is 9.93. The number of aromatic nitrogens is 2. The molecule has 2 aliphatic heterocycles. The van der Waals surface area contributed by atoms with Gasteiger partial charge in [-0.25, -0.2) is 0 Å². The smallest absolute Gasteiger partial charge is 0.256 e. The van der Waals surface area contributed by atoms with Crippen LogP contribution in [0.15, 0.2) is 61.1 Å². The highest BCUT2D eigenvalue weighted by Crippen LogP contribution is 2.35. The predicted molar refractivity (Wildman–Crippen MR) is 130 cm³/mol. The minimum absolute atomic E-state index is 0.0606. The molecule has 4 heterocycles. The summed E-state index contributed by atoms with van der Waals surface area (Å²) in [6.07, 6.45) is 9.94. The van der Waals surface area contributed by atoms with Crippen LogP contribution in [0.3, 0.4) is 0 Å². The molecule has 2 N–H and O–H groups in total. The number of nitrogens with one attached hydrogen (secondary N) is 2. The lowest BCUT2D eigenvalue weighted by Gasteiger charge is -2.24. The molecular formula is C26H27N5O. The van der Waals surface area contributed by atoms with E-state index < -0.39 is 0 Å². The molecule has 6 nitrogen and oxygen atoms in total. The first-order valence-corrected chi connectivity index (χ1v) is 11.1. The van der Waals surface area contributed by atoms with Crippen LogP contribution < -0.4 is 15.5 Å². The minimum Gasteiger partial charge on any atom is -0.379 e. The van der Waals surface area contributed by atoms with E-state index >= 15 is 0 Å². The lowest BCUT2D eigenvalue weighted by molar-refractivity contribution is -0.111. The summed E-state index contributed by atoms with van der Waals surface area (Å²) in [5, 5.41) is 6.45. The van der Waals surface area contributed by atoms with Crippen LogP contribution in [0.5, 0.6) is 0 Å². The second-order valence-corrected chi connectivity index (χ2v) is 8.54. The molecule has 1 fully saturated rings. The van der Waals surface area contributed by atoms with Crippen LogP contribution in [0.1, 0.15) is 31.0 Å². The van der Waals surface area contributed by atoms with E-state index in [1.807, 2.05) is 44.4 Å². The van der Waals surface area contributed by atoms with E-state index in [0.29, 0.717) is 11.3 Å². The average Bonchev–Trinajstić information content (AvgIpc) is 3.35. The van der Waals surface area contributed by atoms with Crippen LogP contribution >= 0.6 is 0 Å². The van der Waals surface area contributed by atoms with Crippen LogP contribution in [-0.2, 0) is 4.79 Å². The third-order valence-corrected chi connectivity index (χ3v) is 6.05. The van der Waals surface area contributed by atoms with Crippen molar-refractivity contribution in [2.24, 2.45) is 0 Å². The van der Waals surface area contributed by atoms with Gasteiger partial charge >= 0.3 is 0 Å². The van der Waals surface area contributed by atoms with E-state index in [4.69, 9.17) is 0 Å². The Hall–Kier alpha value is -3.67. The maximum atomic E-state index is 13.2. The van der Waals surface area contributed by atoms with Crippen molar-refractivity contribution in [1.82, 2.24) is 9.97 Å². The van der Waals surface area contributed by atoms with Crippen LogP contribution in [0.2, 0.25) is 0 Å². The van der Waals surface area contributed by atoms with E-state index in [2.05, 4.69) is 49.8 Å². The Morgan fingerprint density at radius 1 is 1.06 bits per heavy atom. The van der Waals surface area contributed by atoms with Gasteiger partial charge < -0.3 is 15.5 Å². The van der Waals surface area contributed by atoms with Gasteiger partial charge in [0, 0.05) is 53.4 Å². The summed E-state index contributed by atoms with van der Waals surface area (Å²) in [6.45, 7) is 6.13. The van der Waals surface area contributed by atoms with Crippen molar-refractivity contribution >= 4 is 28.5 Å². The van der Waals surface area contributed by atoms with E-state index in [1.54, 1.807) is 6.20 Å². The highest BCUT2D eigenvalue weighted by molar-refractivity contribution is 6.27. The Morgan fingerprint density at radius 2 is 1.91 bits per heavy atom. The molecule has 0 aliphatic carbocycles. The third kappa shape index (κ3) is 4.08. The molecule has 2 aromatic heterocycles. The number of aryl methyl sites for hydroxylation is 1. The summed E-state index contributed by atoms with van der Waals surface area (Å²) in [4.78, 5) is 24.3. The number of rotatable bonds is 4. The van der Waals surface area contributed by atoms with Gasteiger partial charge in [0.25, 0.3) is 5.91 Å². The normalized spacial score (nSPS) is 17.4. The highest BCUT2D eigenvalue weighted by Gasteiger charge is 2.23. The number of carbonyl (C=O) groups is 1. The Bertz CT molecular complexity index is 1180. The Kier molecular flexibility index (Phi) is 5.35. The van der Waals surface area contributed by atoms with Crippen molar-refractivity contribution in [3.05, 3.63) is 72.3 Å². The molecular weight excluding hydrogens is 398 g/mol. The van der Waals surface area contributed by atoms with Gasteiger partial charge in [0.05, 0.1) is 23.8 Å². The number of fused-ring (bicyclic) bond motifs is 1. The number of benzene rings is 1. The number of hydrogen-bond donors (Lipinski definition) is 2. The number of pyridine rings is 2. The second-order valence-electron chi connectivity index (χ2n) is 8.54. The monoisotopic (exact) mass is 425 g/mol. The van der Waals surface area contributed by atoms with Crippen molar-refractivity contribution in [2.75, 3.05) is 28.6 Å². The fourth-order valence-corrected chi connectivity index (χ4v) is 4.37. The first kappa shape index (κ1) is 20.2. The number of anilines is 3. The molecule has 0 spiro atoms. The van der Waals surface area contributed by atoms with Gasteiger partial charge in [-0.15, -0.1) is 0 Å². The second kappa shape index (κ2) is 8.46. The van der Waals surface area contributed by atoms with Crippen molar-refractivity contribution in [2.45, 2.75) is 32.7 Å². The van der Waals surface area contributed by atoms with Crippen LogP contribution in [0, 0.1) is 6.92 Å². The van der Waals surface area contributed by atoms with Crippen molar-refractivity contribution in [1.29, 1.82) is 0 Å². The molecule has 1 amide bonds. The van der Waals surface area contributed by atoms with Crippen molar-refractivity contribution < 1.29 is 4.79 Å². The van der Waals surface area contributed by atoms with E-state index in [0.717, 1.165) is 46.8 Å². The Labute approximate surface area is 188 Å². The van der Waals surface area contributed by atoms with Gasteiger partial charge in [0.2, 0.25) is 0 Å². The molecule has 0 radical (unpaired) electrons. The summed E-state index contributed by atoms with van der Waals surface area (Å²) >= 11 is 0. The molecule has 1 unspecified atom stereocenters. The van der Waals surface area contributed by atoms with Gasteiger partial charge in [0.1, 0.15) is 0 Å². The summed E-state index contributed by atoms with van der Waals surface area (Å²) < 4.78 is 0. The fraction of sp³-hybridized carbons (Fsp3) is 0.269. The highest BCUT2D eigenvalue weighted by atomic mass is 16.1. The molecule has 0 bridgehead atoms. The topological polar surface area (TPSA) is 70.2 Å². The van der Waals surface area contributed by atoms with E-state index in [-0.39, 0.29) is 11.9 Å². The zero-order valence-corrected chi connectivity index (χ0v) is 18.4. The Morgan fingerprint density at radius 3 is 2.69 bits per heavy atom.